The fraction of sp³-hybridized carbons (Fsp3) is 0.526. The molecule has 3 heterocycles. The van der Waals surface area contributed by atoms with Gasteiger partial charge in [0.2, 0.25) is 5.91 Å². The van der Waals surface area contributed by atoms with Gasteiger partial charge in [0.05, 0.1) is 11.3 Å². The Balaban J connectivity index is 1.59. The number of fused-ring (bicyclic) bond motifs is 1. The normalized spacial score (nSPS) is 26.8. The van der Waals surface area contributed by atoms with Crippen molar-refractivity contribution in [2.45, 2.75) is 56.5 Å². The van der Waals surface area contributed by atoms with Gasteiger partial charge in [-0.2, -0.15) is 0 Å². The number of nitrogens with zero attached hydrogens (tertiary/aromatic N) is 3. The Morgan fingerprint density at radius 3 is 2.93 bits per heavy atom. The highest BCUT2D eigenvalue weighted by molar-refractivity contribution is 5.91. The van der Waals surface area contributed by atoms with Gasteiger partial charge in [-0.25, -0.2) is 18.7 Å². The number of piperidine rings is 1. The summed E-state index contributed by atoms with van der Waals surface area (Å²) < 4.78 is 27.2. The van der Waals surface area contributed by atoms with E-state index in [1.807, 2.05) is 4.90 Å². The molecule has 1 saturated carbocycles. The van der Waals surface area contributed by atoms with E-state index < -0.39 is 11.8 Å². The third kappa shape index (κ3) is 3.17. The number of likely N-dealkylation sites (tertiary alicyclic amines) is 1. The minimum Gasteiger partial charge on any atom is -0.365 e. The predicted molar refractivity (Wildman–Crippen MR) is 98.8 cm³/mol. The molecule has 2 N–H and O–H groups in total. The van der Waals surface area contributed by atoms with Gasteiger partial charge in [-0.05, 0) is 30.9 Å². The smallest absolute Gasteiger partial charge is 0.256 e. The molecule has 1 saturated heterocycles. The molecule has 1 aliphatic carbocycles. The van der Waals surface area contributed by atoms with Gasteiger partial charge in [-0.15, -0.1) is 0 Å². The molecule has 0 bridgehead atoms. The molecular weight excluding hydrogens is 352 g/mol. The van der Waals surface area contributed by atoms with Crippen molar-refractivity contribution in [2.75, 3.05) is 11.9 Å². The van der Waals surface area contributed by atoms with Crippen molar-refractivity contribution in [3.8, 4) is 0 Å². The molecule has 3 atom stereocenters. The second-order valence-electron chi connectivity index (χ2n) is 7.38. The Morgan fingerprint density at radius 2 is 2.26 bits per heavy atom. The number of alkyl halides is 2. The minimum absolute atomic E-state index is 0.00253. The maximum Gasteiger partial charge on any atom is 0.256 e. The fourth-order valence-corrected chi connectivity index (χ4v) is 4.07. The van der Waals surface area contributed by atoms with Crippen molar-refractivity contribution >= 4 is 22.8 Å². The molecule has 2 fully saturated rings. The number of rotatable bonds is 5. The Bertz CT molecular complexity index is 880. The molecule has 0 unspecified atom stereocenters. The van der Waals surface area contributed by atoms with Crippen molar-refractivity contribution in [1.82, 2.24) is 19.9 Å². The van der Waals surface area contributed by atoms with Crippen LogP contribution in [0.4, 0.5) is 14.6 Å². The number of aromatic amines is 1. The summed E-state index contributed by atoms with van der Waals surface area (Å²) in [6, 6.07) is 0.198. The zero-order valence-electron chi connectivity index (χ0n) is 15.2. The number of H-pyrrole nitrogens is 1. The van der Waals surface area contributed by atoms with Gasteiger partial charge in [0.1, 0.15) is 17.8 Å². The highest BCUT2D eigenvalue weighted by Crippen LogP contribution is 2.57. The van der Waals surface area contributed by atoms with Gasteiger partial charge in [0, 0.05) is 31.2 Å². The maximum absolute atomic E-state index is 13.6. The second-order valence-corrected chi connectivity index (χ2v) is 7.38. The first-order chi connectivity index (χ1) is 12.9. The van der Waals surface area contributed by atoms with E-state index >= 15 is 0 Å². The maximum atomic E-state index is 13.6. The largest absolute Gasteiger partial charge is 0.365 e. The highest BCUT2D eigenvalue weighted by Gasteiger charge is 2.58. The van der Waals surface area contributed by atoms with Crippen LogP contribution in [0.2, 0.25) is 0 Å². The number of carbonyl (C=O) groups excluding carboxylic acids is 1. The number of halogens is 2. The topological polar surface area (TPSA) is 73.9 Å². The van der Waals surface area contributed by atoms with E-state index in [0.29, 0.717) is 29.0 Å². The van der Waals surface area contributed by atoms with E-state index in [-0.39, 0.29) is 24.4 Å². The van der Waals surface area contributed by atoms with E-state index in [4.69, 9.17) is 0 Å². The summed E-state index contributed by atoms with van der Waals surface area (Å²) in [5.41, 5.74) is 1.10. The lowest BCUT2D eigenvalue weighted by Gasteiger charge is -2.39. The molecule has 8 heteroatoms. The van der Waals surface area contributed by atoms with Crippen LogP contribution in [0.25, 0.3) is 11.0 Å². The van der Waals surface area contributed by atoms with Crippen LogP contribution in [-0.2, 0) is 4.79 Å². The SMILES string of the molecule is C=CC(=O)N1C[C@@H](Nc2ncnc3[nH]cc([C@H]4CC4(F)F)c23)CC[C@H]1CC. The van der Waals surface area contributed by atoms with Crippen molar-refractivity contribution in [3.63, 3.8) is 0 Å². The first-order valence-electron chi connectivity index (χ1n) is 9.34. The summed E-state index contributed by atoms with van der Waals surface area (Å²) >= 11 is 0. The quantitative estimate of drug-likeness (QED) is 0.785. The van der Waals surface area contributed by atoms with Crippen LogP contribution in [0.15, 0.2) is 25.2 Å². The molecular formula is C19H23F2N5O. The fourth-order valence-electron chi connectivity index (χ4n) is 4.07. The molecule has 1 amide bonds. The van der Waals surface area contributed by atoms with Gasteiger partial charge in [-0.3, -0.25) is 4.79 Å². The van der Waals surface area contributed by atoms with Gasteiger partial charge >= 0.3 is 0 Å². The Morgan fingerprint density at radius 1 is 1.48 bits per heavy atom. The third-order valence-electron chi connectivity index (χ3n) is 5.68. The third-order valence-corrected chi connectivity index (χ3v) is 5.68. The zero-order chi connectivity index (χ0) is 19.2. The molecule has 0 spiro atoms. The van der Waals surface area contributed by atoms with Crippen LogP contribution >= 0.6 is 0 Å². The van der Waals surface area contributed by atoms with Crippen LogP contribution in [0.5, 0.6) is 0 Å². The molecule has 2 aromatic heterocycles. The average molecular weight is 375 g/mol. The molecule has 2 aliphatic rings. The van der Waals surface area contributed by atoms with E-state index in [2.05, 4.69) is 33.8 Å². The van der Waals surface area contributed by atoms with Crippen LogP contribution in [0, 0.1) is 0 Å². The number of anilines is 1. The van der Waals surface area contributed by atoms with Gasteiger partial charge in [0.15, 0.2) is 0 Å². The summed E-state index contributed by atoms with van der Waals surface area (Å²) in [4.78, 5) is 25.5. The molecule has 6 nitrogen and oxygen atoms in total. The van der Waals surface area contributed by atoms with Crippen LogP contribution in [0.1, 0.15) is 44.1 Å². The first kappa shape index (κ1) is 17.9. The number of carbonyl (C=O) groups is 1. The molecule has 27 heavy (non-hydrogen) atoms. The number of hydrogen-bond acceptors (Lipinski definition) is 4. The Kier molecular flexibility index (Phi) is 4.36. The lowest BCUT2D eigenvalue weighted by Crippen LogP contribution is -2.50. The highest BCUT2D eigenvalue weighted by atomic mass is 19.3. The number of nitrogens with one attached hydrogen (secondary N) is 2. The van der Waals surface area contributed by atoms with Crippen molar-refractivity contribution in [2.24, 2.45) is 0 Å². The summed E-state index contributed by atoms with van der Waals surface area (Å²) in [7, 11) is 0. The van der Waals surface area contributed by atoms with Gasteiger partial charge < -0.3 is 15.2 Å². The number of amides is 1. The lowest BCUT2D eigenvalue weighted by atomic mass is 9.96. The Labute approximate surface area is 156 Å². The van der Waals surface area contributed by atoms with Crippen molar-refractivity contribution < 1.29 is 13.6 Å². The monoisotopic (exact) mass is 375 g/mol. The van der Waals surface area contributed by atoms with E-state index in [9.17, 15) is 13.6 Å². The Hall–Kier alpha value is -2.51. The standard InChI is InChI=1S/C19H23F2N5O/c1-3-12-6-5-11(9-26(12)15(27)4-2)25-18-16-13(14-7-19(14,20)21)8-22-17(16)23-10-24-18/h4,8,10-12,14H,2-3,5-7,9H2,1H3,(H2,22,23,24,25)/t11-,12+,14+/m0/s1. The molecule has 0 radical (unpaired) electrons. The molecule has 2 aromatic rings. The average Bonchev–Trinajstić information content (AvgIpc) is 3.10. The van der Waals surface area contributed by atoms with E-state index in [0.717, 1.165) is 19.3 Å². The summed E-state index contributed by atoms with van der Waals surface area (Å²) in [5, 5.41) is 3.99. The van der Waals surface area contributed by atoms with Gasteiger partial charge in [0.25, 0.3) is 5.92 Å². The van der Waals surface area contributed by atoms with Crippen LogP contribution in [0.3, 0.4) is 0 Å². The van der Waals surface area contributed by atoms with Crippen LogP contribution < -0.4 is 5.32 Å². The summed E-state index contributed by atoms with van der Waals surface area (Å²) in [5.74, 6) is -2.98. The predicted octanol–water partition coefficient (Wildman–Crippen LogP) is 3.45. The minimum atomic E-state index is -2.66. The van der Waals surface area contributed by atoms with Crippen LogP contribution in [-0.4, -0.2) is 50.3 Å². The van der Waals surface area contributed by atoms with Crippen molar-refractivity contribution in [3.05, 3.63) is 30.7 Å². The molecule has 0 aromatic carbocycles. The second kappa shape index (κ2) is 6.58. The van der Waals surface area contributed by atoms with Crippen molar-refractivity contribution in [1.29, 1.82) is 0 Å². The molecule has 1 aliphatic heterocycles. The molecule has 144 valence electrons. The number of aromatic nitrogens is 3. The summed E-state index contributed by atoms with van der Waals surface area (Å²) in [6.45, 7) is 6.19. The number of hydrogen-bond donors (Lipinski definition) is 2. The van der Waals surface area contributed by atoms with Gasteiger partial charge in [-0.1, -0.05) is 13.5 Å². The van der Waals surface area contributed by atoms with E-state index in [1.165, 1.54) is 12.4 Å². The summed E-state index contributed by atoms with van der Waals surface area (Å²) in [6.07, 6.45) is 6.87. The first-order valence-corrected chi connectivity index (χ1v) is 9.34. The molecule has 4 rings (SSSR count). The lowest BCUT2D eigenvalue weighted by molar-refractivity contribution is -0.129. The zero-order valence-corrected chi connectivity index (χ0v) is 15.2. The van der Waals surface area contributed by atoms with E-state index in [1.54, 1.807) is 6.20 Å².